The molecule has 2 heterocycles. The summed E-state index contributed by atoms with van der Waals surface area (Å²) >= 11 is 0. The van der Waals surface area contributed by atoms with E-state index in [0.717, 1.165) is 6.42 Å². The second-order valence-electron chi connectivity index (χ2n) is 6.52. The Morgan fingerprint density at radius 2 is 1.96 bits per heavy atom. The van der Waals surface area contributed by atoms with E-state index < -0.39 is 9.84 Å². The van der Waals surface area contributed by atoms with Crippen molar-refractivity contribution < 1.29 is 22.4 Å². The fourth-order valence-corrected chi connectivity index (χ4v) is 3.99. The van der Waals surface area contributed by atoms with Gasteiger partial charge in [0, 0.05) is 18.8 Å². The van der Waals surface area contributed by atoms with E-state index in [1.54, 1.807) is 30.0 Å². The van der Waals surface area contributed by atoms with E-state index in [1.807, 2.05) is 0 Å². The molecule has 1 aromatic carbocycles. The quantitative estimate of drug-likeness (QED) is 0.846. The lowest BCUT2D eigenvalue weighted by Gasteiger charge is -2.31. The predicted molar refractivity (Wildman–Crippen MR) is 100 cm³/mol. The summed E-state index contributed by atoms with van der Waals surface area (Å²) in [5.41, 5.74) is 1.01. The average Bonchev–Trinajstić information content (AvgIpc) is 3.22. The molecule has 0 radical (unpaired) electrons. The molecular formula is C19H22N2O5S. The lowest BCUT2D eigenvalue weighted by molar-refractivity contribution is -0.121. The number of hydrogen-bond donors (Lipinski definition) is 1. The van der Waals surface area contributed by atoms with Crippen molar-refractivity contribution >= 4 is 27.3 Å². The molecule has 0 bridgehead atoms. The molecule has 7 nitrogen and oxygen atoms in total. The van der Waals surface area contributed by atoms with Crippen molar-refractivity contribution in [3.63, 3.8) is 0 Å². The molecular weight excluding hydrogens is 368 g/mol. The van der Waals surface area contributed by atoms with Crippen LogP contribution in [0.25, 0.3) is 0 Å². The van der Waals surface area contributed by atoms with Crippen molar-refractivity contribution in [2.45, 2.75) is 24.7 Å². The predicted octanol–water partition coefficient (Wildman–Crippen LogP) is 2.56. The summed E-state index contributed by atoms with van der Waals surface area (Å²) in [7, 11) is -3.27. The number of piperidine rings is 1. The highest BCUT2D eigenvalue weighted by Crippen LogP contribution is 2.21. The molecule has 0 aliphatic carbocycles. The topological polar surface area (TPSA) is 96.7 Å². The number of likely N-dealkylation sites (tertiary alicyclic amines) is 1. The van der Waals surface area contributed by atoms with Gasteiger partial charge in [-0.25, -0.2) is 8.42 Å². The van der Waals surface area contributed by atoms with Crippen LogP contribution in [0.5, 0.6) is 0 Å². The largest absolute Gasteiger partial charge is 0.472 e. The zero-order chi connectivity index (χ0) is 19.4. The van der Waals surface area contributed by atoms with Crippen molar-refractivity contribution in [2.24, 2.45) is 5.92 Å². The number of benzene rings is 1. The van der Waals surface area contributed by atoms with Crippen LogP contribution < -0.4 is 5.32 Å². The van der Waals surface area contributed by atoms with Gasteiger partial charge in [-0.3, -0.25) is 9.59 Å². The SMILES string of the molecule is CCS(=O)(=O)c1ccc(NC(=O)C2CCCN(C(=O)c3ccoc3)C2)cc1. The minimum atomic E-state index is -3.27. The van der Waals surface area contributed by atoms with Gasteiger partial charge in [-0.05, 0) is 43.2 Å². The molecule has 1 fully saturated rings. The third-order valence-electron chi connectivity index (χ3n) is 4.71. The molecule has 27 heavy (non-hydrogen) atoms. The molecule has 144 valence electrons. The van der Waals surface area contributed by atoms with Crippen LogP contribution >= 0.6 is 0 Å². The van der Waals surface area contributed by atoms with Crippen LogP contribution in [-0.2, 0) is 14.6 Å². The van der Waals surface area contributed by atoms with E-state index in [9.17, 15) is 18.0 Å². The Morgan fingerprint density at radius 1 is 1.22 bits per heavy atom. The van der Waals surface area contributed by atoms with Gasteiger partial charge in [0.05, 0.1) is 28.4 Å². The molecule has 1 saturated heterocycles. The summed E-state index contributed by atoms with van der Waals surface area (Å²) in [5, 5.41) is 2.81. The first kappa shape index (κ1) is 19.2. The highest BCUT2D eigenvalue weighted by atomic mass is 32.2. The number of rotatable bonds is 5. The lowest BCUT2D eigenvalue weighted by atomic mass is 9.96. The van der Waals surface area contributed by atoms with E-state index in [0.29, 0.717) is 30.8 Å². The number of amides is 2. The van der Waals surface area contributed by atoms with Crippen molar-refractivity contribution in [1.29, 1.82) is 0 Å². The molecule has 1 aromatic heterocycles. The fourth-order valence-electron chi connectivity index (χ4n) is 3.10. The van der Waals surface area contributed by atoms with Gasteiger partial charge in [-0.15, -0.1) is 0 Å². The van der Waals surface area contributed by atoms with Gasteiger partial charge in [0.25, 0.3) is 5.91 Å². The Bertz CT molecular complexity index is 904. The van der Waals surface area contributed by atoms with Crippen molar-refractivity contribution in [1.82, 2.24) is 4.90 Å². The van der Waals surface area contributed by atoms with Crippen LogP contribution in [0.4, 0.5) is 5.69 Å². The molecule has 1 aliphatic rings. The highest BCUT2D eigenvalue weighted by molar-refractivity contribution is 7.91. The van der Waals surface area contributed by atoms with Crippen molar-refractivity contribution in [3.8, 4) is 0 Å². The number of anilines is 1. The van der Waals surface area contributed by atoms with Gasteiger partial charge in [-0.2, -0.15) is 0 Å². The third kappa shape index (κ3) is 4.39. The number of nitrogens with zero attached hydrogens (tertiary/aromatic N) is 1. The summed E-state index contributed by atoms with van der Waals surface area (Å²) < 4.78 is 28.6. The van der Waals surface area contributed by atoms with Crippen LogP contribution in [-0.4, -0.2) is 44.0 Å². The average molecular weight is 390 g/mol. The van der Waals surface area contributed by atoms with Gasteiger partial charge in [0.15, 0.2) is 9.84 Å². The first-order valence-corrected chi connectivity index (χ1v) is 10.5. The van der Waals surface area contributed by atoms with Crippen LogP contribution in [0.2, 0.25) is 0 Å². The smallest absolute Gasteiger partial charge is 0.257 e. The molecule has 2 amide bonds. The maximum Gasteiger partial charge on any atom is 0.257 e. The monoisotopic (exact) mass is 390 g/mol. The van der Waals surface area contributed by atoms with E-state index in [2.05, 4.69) is 5.32 Å². The molecule has 1 atom stereocenters. The number of sulfone groups is 1. The minimum Gasteiger partial charge on any atom is -0.472 e. The fraction of sp³-hybridized carbons (Fsp3) is 0.368. The Labute approximate surface area is 158 Å². The van der Waals surface area contributed by atoms with Gasteiger partial charge in [0.1, 0.15) is 6.26 Å². The molecule has 1 unspecified atom stereocenters. The van der Waals surface area contributed by atoms with Gasteiger partial charge >= 0.3 is 0 Å². The van der Waals surface area contributed by atoms with Crippen LogP contribution in [0.15, 0.2) is 52.2 Å². The number of carbonyl (C=O) groups excluding carboxylic acids is 2. The summed E-state index contributed by atoms with van der Waals surface area (Å²) in [6, 6.07) is 7.75. The zero-order valence-corrected chi connectivity index (χ0v) is 15.9. The van der Waals surface area contributed by atoms with Gasteiger partial charge in [0.2, 0.25) is 5.91 Å². The second kappa shape index (κ2) is 7.96. The Kier molecular flexibility index (Phi) is 5.65. The van der Waals surface area contributed by atoms with Crippen molar-refractivity contribution in [3.05, 3.63) is 48.4 Å². The van der Waals surface area contributed by atoms with Crippen LogP contribution in [0, 0.1) is 5.92 Å². The summed E-state index contributed by atoms with van der Waals surface area (Å²) in [6.45, 7) is 2.54. The normalized spacial score (nSPS) is 17.5. The van der Waals surface area contributed by atoms with Crippen LogP contribution in [0.1, 0.15) is 30.1 Å². The molecule has 3 rings (SSSR count). The Morgan fingerprint density at radius 3 is 2.59 bits per heavy atom. The molecule has 8 heteroatoms. The zero-order valence-electron chi connectivity index (χ0n) is 15.1. The molecule has 2 aromatic rings. The summed E-state index contributed by atoms with van der Waals surface area (Å²) in [5.74, 6) is -0.601. The van der Waals surface area contributed by atoms with E-state index in [4.69, 9.17) is 4.42 Å². The molecule has 0 saturated carbocycles. The summed E-state index contributed by atoms with van der Waals surface area (Å²) in [4.78, 5) is 26.9. The second-order valence-corrected chi connectivity index (χ2v) is 8.80. The molecule has 1 aliphatic heterocycles. The molecule has 1 N–H and O–H groups in total. The van der Waals surface area contributed by atoms with Crippen LogP contribution in [0.3, 0.4) is 0 Å². The number of carbonyl (C=O) groups is 2. The standard InChI is InChI=1S/C19H22N2O5S/c1-2-27(24,25)17-7-5-16(6-8-17)20-18(22)14-4-3-10-21(12-14)19(23)15-9-11-26-13-15/h5-9,11,13-14H,2-4,10,12H2,1H3,(H,20,22). The van der Waals surface area contributed by atoms with E-state index in [1.165, 1.54) is 24.7 Å². The van der Waals surface area contributed by atoms with Gasteiger partial charge in [-0.1, -0.05) is 6.92 Å². The molecule has 0 spiro atoms. The first-order valence-electron chi connectivity index (χ1n) is 8.86. The number of furan rings is 1. The Hall–Kier alpha value is -2.61. The Balaban J connectivity index is 1.63. The maximum atomic E-state index is 12.6. The number of hydrogen-bond acceptors (Lipinski definition) is 5. The lowest BCUT2D eigenvalue weighted by Crippen LogP contribution is -2.43. The van der Waals surface area contributed by atoms with E-state index >= 15 is 0 Å². The third-order valence-corrected chi connectivity index (χ3v) is 6.46. The van der Waals surface area contributed by atoms with Gasteiger partial charge < -0.3 is 14.6 Å². The first-order chi connectivity index (χ1) is 12.9. The number of nitrogens with one attached hydrogen (secondary N) is 1. The highest BCUT2D eigenvalue weighted by Gasteiger charge is 2.29. The summed E-state index contributed by atoms with van der Waals surface area (Å²) in [6.07, 6.45) is 4.29. The minimum absolute atomic E-state index is 0.0291. The van der Waals surface area contributed by atoms with E-state index in [-0.39, 0.29) is 28.4 Å². The van der Waals surface area contributed by atoms with Crippen molar-refractivity contribution in [2.75, 3.05) is 24.2 Å². The maximum absolute atomic E-state index is 12.6.